The molecule has 4 heteroatoms. The maximum Gasteiger partial charge on any atom is 0.251 e. The highest BCUT2D eigenvalue weighted by atomic mass is 16.2. The minimum Gasteiger partial charge on any atom is -0.352 e. The van der Waals surface area contributed by atoms with E-state index in [0.717, 1.165) is 24.8 Å². The van der Waals surface area contributed by atoms with Gasteiger partial charge in [0.15, 0.2) is 0 Å². The van der Waals surface area contributed by atoms with Crippen molar-refractivity contribution in [3.63, 3.8) is 0 Å². The van der Waals surface area contributed by atoms with Crippen molar-refractivity contribution in [2.24, 2.45) is 11.3 Å². The molecule has 1 fully saturated rings. The number of hydrogen-bond acceptors (Lipinski definition) is 2. The maximum atomic E-state index is 12.4. The minimum absolute atomic E-state index is 0.0576. The standard InChI is InChI=1S/C20H30N2O2/c1-19(2,3)13-20(4,5)22-18(24)16-8-6-14(7-9-16)12-21-17(23)15-10-11-15/h6-9,15H,10-13H2,1-5H3,(H,21,23)(H,22,24). The van der Waals surface area contributed by atoms with E-state index in [4.69, 9.17) is 0 Å². The van der Waals surface area contributed by atoms with Crippen molar-refractivity contribution in [1.82, 2.24) is 10.6 Å². The Morgan fingerprint density at radius 2 is 1.62 bits per heavy atom. The van der Waals surface area contributed by atoms with E-state index in [1.165, 1.54) is 0 Å². The molecular weight excluding hydrogens is 300 g/mol. The Bertz CT molecular complexity index is 593. The topological polar surface area (TPSA) is 58.2 Å². The Morgan fingerprint density at radius 3 is 2.12 bits per heavy atom. The molecule has 132 valence electrons. The molecule has 0 radical (unpaired) electrons. The summed E-state index contributed by atoms with van der Waals surface area (Å²) in [5.74, 6) is 0.304. The molecule has 2 rings (SSSR count). The van der Waals surface area contributed by atoms with Crippen LogP contribution < -0.4 is 10.6 Å². The lowest BCUT2D eigenvalue weighted by Crippen LogP contribution is -2.45. The molecular formula is C20H30N2O2. The fourth-order valence-electron chi connectivity index (χ4n) is 3.20. The van der Waals surface area contributed by atoms with E-state index >= 15 is 0 Å². The molecule has 0 atom stereocenters. The number of hydrogen-bond donors (Lipinski definition) is 2. The van der Waals surface area contributed by atoms with Crippen LogP contribution in [0.3, 0.4) is 0 Å². The van der Waals surface area contributed by atoms with Crippen molar-refractivity contribution in [3.05, 3.63) is 35.4 Å². The highest BCUT2D eigenvalue weighted by molar-refractivity contribution is 5.94. The first kappa shape index (κ1) is 18.5. The van der Waals surface area contributed by atoms with Crippen LogP contribution in [0.15, 0.2) is 24.3 Å². The van der Waals surface area contributed by atoms with Crippen molar-refractivity contribution in [2.45, 2.75) is 66.0 Å². The lowest BCUT2D eigenvalue weighted by molar-refractivity contribution is -0.122. The van der Waals surface area contributed by atoms with Gasteiger partial charge in [0.1, 0.15) is 0 Å². The van der Waals surface area contributed by atoms with Crippen molar-refractivity contribution < 1.29 is 9.59 Å². The van der Waals surface area contributed by atoms with Crippen molar-refractivity contribution in [3.8, 4) is 0 Å². The quantitative estimate of drug-likeness (QED) is 0.836. The van der Waals surface area contributed by atoms with Crippen LogP contribution in [0.2, 0.25) is 0 Å². The van der Waals surface area contributed by atoms with Gasteiger partial charge in [-0.3, -0.25) is 9.59 Å². The lowest BCUT2D eigenvalue weighted by Gasteiger charge is -2.33. The van der Waals surface area contributed by atoms with E-state index in [0.29, 0.717) is 12.1 Å². The van der Waals surface area contributed by atoms with Crippen LogP contribution >= 0.6 is 0 Å². The summed E-state index contributed by atoms with van der Waals surface area (Å²) in [4.78, 5) is 24.1. The van der Waals surface area contributed by atoms with Gasteiger partial charge < -0.3 is 10.6 Å². The Hall–Kier alpha value is -1.84. The van der Waals surface area contributed by atoms with E-state index in [1.807, 2.05) is 24.3 Å². The zero-order valence-corrected chi connectivity index (χ0v) is 15.5. The van der Waals surface area contributed by atoms with E-state index in [-0.39, 0.29) is 28.7 Å². The summed E-state index contributed by atoms with van der Waals surface area (Å²) in [6, 6.07) is 7.44. The van der Waals surface area contributed by atoms with Gasteiger partial charge in [-0.25, -0.2) is 0 Å². The molecule has 1 saturated carbocycles. The van der Waals surface area contributed by atoms with Gasteiger partial charge in [0, 0.05) is 23.6 Å². The number of carbonyl (C=O) groups is 2. The summed E-state index contributed by atoms with van der Waals surface area (Å²) in [6.45, 7) is 11.1. The average molecular weight is 330 g/mol. The third-order valence-corrected chi connectivity index (χ3v) is 4.06. The lowest BCUT2D eigenvalue weighted by atomic mass is 9.81. The van der Waals surface area contributed by atoms with Gasteiger partial charge in [-0.1, -0.05) is 32.9 Å². The average Bonchev–Trinajstić information content (AvgIpc) is 3.26. The van der Waals surface area contributed by atoms with Gasteiger partial charge in [0.25, 0.3) is 5.91 Å². The predicted molar refractivity (Wildman–Crippen MR) is 96.6 cm³/mol. The second-order valence-corrected chi connectivity index (χ2v) is 8.76. The molecule has 0 heterocycles. The maximum absolute atomic E-state index is 12.4. The Kier molecular flexibility index (Phi) is 5.36. The third kappa shape index (κ3) is 5.99. The Labute approximate surface area is 145 Å². The first-order valence-electron chi connectivity index (χ1n) is 8.75. The summed E-state index contributed by atoms with van der Waals surface area (Å²) in [5, 5.41) is 6.05. The zero-order chi connectivity index (χ0) is 18.0. The molecule has 0 bridgehead atoms. The molecule has 1 aromatic carbocycles. The zero-order valence-electron chi connectivity index (χ0n) is 15.5. The monoisotopic (exact) mass is 330 g/mol. The molecule has 1 aliphatic carbocycles. The number of nitrogens with one attached hydrogen (secondary N) is 2. The fraction of sp³-hybridized carbons (Fsp3) is 0.600. The van der Waals surface area contributed by atoms with Gasteiger partial charge in [-0.15, -0.1) is 0 Å². The van der Waals surface area contributed by atoms with Gasteiger partial charge in [0.2, 0.25) is 5.91 Å². The first-order chi connectivity index (χ1) is 11.1. The molecule has 2 amide bonds. The van der Waals surface area contributed by atoms with Crippen LogP contribution in [0.1, 0.15) is 69.8 Å². The second-order valence-electron chi connectivity index (χ2n) is 8.76. The fourth-order valence-corrected chi connectivity index (χ4v) is 3.20. The van der Waals surface area contributed by atoms with Crippen molar-refractivity contribution in [1.29, 1.82) is 0 Å². The van der Waals surface area contributed by atoms with E-state index in [9.17, 15) is 9.59 Å². The van der Waals surface area contributed by atoms with Crippen LogP contribution in [0.5, 0.6) is 0 Å². The number of carbonyl (C=O) groups excluding carboxylic acids is 2. The highest BCUT2D eigenvalue weighted by Gasteiger charge is 2.29. The minimum atomic E-state index is -0.258. The summed E-state index contributed by atoms with van der Waals surface area (Å²) >= 11 is 0. The molecule has 0 aliphatic heterocycles. The molecule has 1 aromatic rings. The van der Waals surface area contributed by atoms with Crippen molar-refractivity contribution >= 4 is 11.8 Å². The Balaban J connectivity index is 1.89. The van der Waals surface area contributed by atoms with E-state index < -0.39 is 0 Å². The highest BCUT2D eigenvalue weighted by Crippen LogP contribution is 2.29. The van der Waals surface area contributed by atoms with Crippen LogP contribution in [0.25, 0.3) is 0 Å². The molecule has 0 spiro atoms. The molecule has 1 aliphatic rings. The third-order valence-electron chi connectivity index (χ3n) is 4.06. The van der Waals surface area contributed by atoms with E-state index in [2.05, 4.69) is 45.3 Å². The van der Waals surface area contributed by atoms with Crippen LogP contribution in [-0.4, -0.2) is 17.4 Å². The van der Waals surface area contributed by atoms with E-state index in [1.54, 1.807) is 0 Å². The summed E-state index contributed by atoms with van der Waals surface area (Å²) < 4.78 is 0. The largest absolute Gasteiger partial charge is 0.352 e. The second kappa shape index (κ2) is 6.96. The molecule has 4 nitrogen and oxygen atoms in total. The smallest absolute Gasteiger partial charge is 0.251 e. The SMILES string of the molecule is CC(C)(C)CC(C)(C)NC(=O)c1ccc(CNC(=O)C2CC2)cc1. The van der Waals surface area contributed by atoms with Gasteiger partial charge >= 0.3 is 0 Å². The van der Waals surface area contributed by atoms with Crippen LogP contribution in [0.4, 0.5) is 0 Å². The number of amides is 2. The van der Waals surface area contributed by atoms with Gasteiger partial charge in [-0.2, -0.15) is 0 Å². The predicted octanol–water partition coefficient (Wildman–Crippen LogP) is 3.66. The molecule has 0 aromatic heterocycles. The first-order valence-corrected chi connectivity index (χ1v) is 8.75. The molecule has 2 N–H and O–H groups in total. The van der Waals surface area contributed by atoms with Crippen LogP contribution in [-0.2, 0) is 11.3 Å². The molecule has 24 heavy (non-hydrogen) atoms. The summed E-state index contributed by atoms with van der Waals surface area (Å²) in [5.41, 5.74) is 1.55. The summed E-state index contributed by atoms with van der Waals surface area (Å²) in [6.07, 6.45) is 2.92. The summed E-state index contributed by atoms with van der Waals surface area (Å²) in [7, 11) is 0. The molecule has 0 unspecified atom stereocenters. The Morgan fingerprint density at radius 1 is 1.04 bits per heavy atom. The number of benzene rings is 1. The van der Waals surface area contributed by atoms with Crippen LogP contribution in [0, 0.1) is 11.3 Å². The molecule has 0 saturated heterocycles. The number of rotatable bonds is 6. The van der Waals surface area contributed by atoms with Gasteiger partial charge in [0.05, 0.1) is 0 Å². The normalized spacial score (nSPS) is 15.0. The van der Waals surface area contributed by atoms with Crippen molar-refractivity contribution in [2.75, 3.05) is 0 Å². The van der Waals surface area contributed by atoms with Gasteiger partial charge in [-0.05, 0) is 56.2 Å².